The number of ether oxygens (including phenoxy) is 8. The van der Waals surface area contributed by atoms with Crippen molar-refractivity contribution in [1.82, 2.24) is 4.90 Å². The number of aliphatic hydroxyl groups excluding tert-OH is 1. The van der Waals surface area contributed by atoms with Gasteiger partial charge in [0, 0.05) is 27.2 Å². The number of hydrogen-bond donors (Lipinski definition) is 2. The van der Waals surface area contributed by atoms with Gasteiger partial charge in [0.05, 0.1) is 30.3 Å². The summed E-state index contributed by atoms with van der Waals surface area (Å²) in [6, 6.07) is 27.4. The summed E-state index contributed by atoms with van der Waals surface area (Å²) in [4.78, 5) is 41.0. The third-order valence-corrected chi connectivity index (χ3v) is 11.0. The maximum atomic E-state index is 13.9. The number of aliphatic hydroxyl groups is 2. The van der Waals surface area contributed by atoms with Crippen LogP contribution in [0.25, 0.3) is 0 Å². The zero-order valence-corrected chi connectivity index (χ0v) is 33.5. The van der Waals surface area contributed by atoms with E-state index in [0.29, 0.717) is 5.56 Å². The van der Waals surface area contributed by atoms with Gasteiger partial charge in [-0.3, -0.25) is 9.59 Å². The maximum Gasteiger partial charge on any atom is 0.417 e. The number of cyclic esters (lactones) is 1. The Kier molecular flexibility index (Phi) is 14.8. The molecule has 0 aliphatic carbocycles. The average Bonchev–Trinajstić information content (AvgIpc) is 3.53. The highest BCUT2D eigenvalue weighted by atomic mass is 79.9. The Morgan fingerprint density at radius 3 is 2.05 bits per heavy atom. The molecule has 10 unspecified atom stereocenters. The van der Waals surface area contributed by atoms with Crippen molar-refractivity contribution in [2.45, 2.75) is 93.8 Å². The van der Waals surface area contributed by atoms with E-state index in [4.69, 9.17) is 37.9 Å². The van der Waals surface area contributed by atoms with Crippen LogP contribution in [0.5, 0.6) is 0 Å². The monoisotopic (exact) mass is 853 g/mol. The van der Waals surface area contributed by atoms with E-state index in [9.17, 15) is 24.6 Å². The van der Waals surface area contributed by atoms with Crippen LogP contribution in [-0.2, 0) is 60.7 Å². The molecule has 2 N–H and O–H groups in total. The van der Waals surface area contributed by atoms with E-state index >= 15 is 0 Å². The van der Waals surface area contributed by atoms with Crippen LogP contribution in [0.2, 0.25) is 0 Å². The molecule has 3 aromatic rings. The third-order valence-electron chi connectivity index (χ3n) is 10.2. The number of hydrogen-bond acceptors (Lipinski definition) is 13. The van der Waals surface area contributed by atoms with Crippen LogP contribution in [0.1, 0.15) is 42.6 Å². The lowest BCUT2D eigenvalue weighted by molar-refractivity contribution is -0.320. The maximum absolute atomic E-state index is 13.9. The predicted molar refractivity (Wildman–Crippen MR) is 206 cm³/mol. The first-order valence-electron chi connectivity index (χ1n) is 18.7. The number of ketones is 1. The van der Waals surface area contributed by atoms with Gasteiger partial charge in [-0.05, 0) is 52.0 Å². The second-order valence-electron chi connectivity index (χ2n) is 14.0. The van der Waals surface area contributed by atoms with Crippen LogP contribution >= 0.6 is 15.9 Å². The normalized spacial score (nSPS) is 29.5. The number of methoxy groups -OCH3 is 2. The van der Waals surface area contributed by atoms with Crippen molar-refractivity contribution >= 4 is 33.7 Å². The molecule has 0 aromatic heterocycles. The molecule has 2 saturated heterocycles. The van der Waals surface area contributed by atoms with E-state index < -0.39 is 78.6 Å². The first kappa shape index (κ1) is 42.7. The van der Waals surface area contributed by atoms with Gasteiger partial charge in [0.1, 0.15) is 30.5 Å². The summed E-state index contributed by atoms with van der Waals surface area (Å²) in [6.45, 7) is 1.77. The van der Waals surface area contributed by atoms with Crippen molar-refractivity contribution < 1.29 is 62.5 Å². The molecule has 3 aromatic carbocycles. The molecule has 14 nitrogen and oxygen atoms in total. The summed E-state index contributed by atoms with van der Waals surface area (Å²) >= 11 is 3.28. The van der Waals surface area contributed by atoms with Crippen LogP contribution in [0.15, 0.2) is 102 Å². The Morgan fingerprint density at radius 2 is 1.47 bits per heavy atom. The second kappa shape index (κ2) is 19.7. The molecule has 3 heterocycles. The fraction of sp³-hybridized carbons (Fsp3) is 0.452. The van der Waals surface area contributed by atoms with Crippen molar-refractivity contribution in [2.24, 2.45) is 0 Å². The van der Waals surface area contributed by atoms with E-state index in [-0.39, 0.29) is 43.8 Å². The van der Waals surface area contributed by atoms with Crippen LogP contribution in [0.3, 0.4) is 0 Å². The Morgan fingerprint density at radius 1 is 0.877 bits per heavy atom. The summed E-state index contributed by atoms with van der Waals surface area (Å²) in [6.07, 6.45) is -7.67. The number of carbonyl (C=O) groups is 3. The Hall–Kier alpha value is -3.87. The van der Waals surface area contributed by atoms with Gasteiger partial charge in [0.2, 0.25) is 0 Å². The number of nitrogens with zero attached hydrogens (tertiary/aromatic N) is 1. The van der Waals surface area contributed by atoms with E-state index in [1.54, 1.807) is 31.2 Å². The summed E-state index contributed by atoms with van der Waals surface area (Å²) in [5.74, 6) is -3.57. The first-order valence-corrected chi connectivity index (χ1v) is 19.5. The predicted octanol–water partition coefficient (Wildman–Crippen LogP) is 4.75. The molecule has 0 spiro atoms. The Labute approximate surface area is 339 Å². The number of rotatable bonds is 17. The highest BCUT2D eigenvalue weighted by Crippen LogP contribution is 2.38. The molecular formula is C42H48BrNO13. The number of imide groups is 1. The molecule has 3 aliphatic heterocycles. The van der Waals surface area contributed by atoms with E-state index in [1.807, 2.05) is 66.7 Å². The zero-order valence-electron chi connectivity index (χ0n) is 31.9. The summed E-state index contributed by atoms with van der Waals surface area (Å²) in [5.41, 5.74) is 2.53. The van der Waals surface area contributed by atoms with Crippen LogP contribution in [-0.4, -0.2) is 115 Å². The smallest absolute Gasteiger partial charge is 0.417 e. The van der Waals surface area contributed by atoms with Gasteiger partial charge in [0.25, 0.3) is 5.91 Å². The van der Waals surface area contributed by atoms with Crippen molar-refractivity contribution in [3.8, 4) is 0 Å². The molecule has 10 atom stereocenters. The molecule has 306 valence electrons. The minimum atomic E-state index is -2.07. The van der Waals surface area contributed by atoms with Crippen molar-refractivity contribution in [3.05, 3.63) is 118 Å². The fourth-order valence-electron chi connectivity index (χ4n) is 7.22. The lowest BCUT2D eigenvalue weighted by Crippen LogP contribution is -2.61. The Bertz CT molecular complexity index is 1820. The van der Waals surface area contributed by atoms with Crippen molar-refractivity contribution in [3.63, 3.8) is 0 Å². The summed E-state index contributed by atoms with van der Waals surface area (Å²) < 4.78 is 48.1. The Balaban J connectivity index is 1.14. The molecule has 15 heteroatoms. The number of carbonyl (C=O) groups excluding carboxylic acids is 3. The van der Waals surface area contributed by atoms with Gasteiger partial charge in [-0.1, -0.05) is 91.0 Å². The molecule has 3 aliphatic rings. The van der Waals surface area contributed by atoms with Gasteiger partial charge >= 0.3 is 6.09 Å². The van der Waals surface area contributed by atoms with Crippen molar-refractivity contribution in [1.29, 1.82) is 0 Å². The third kappa shape index (κ3) is 9.88. The van der Waals surface area contributed by atoms with E-state index in [1.165, 1.54) is 14.2 Å². The SMILES string of the molecule is COC1OC(CO)C(OCc2ccccc2)C(OCc2ccccc2)C1OCCCC1(O)OC(C(OC)C(=O)N2C(=O)OC(c3ccccc3)C2C)C(=O)C=C1Br. The van der Waals surface area contributed by atoms with Crippen molar-refractivity contribution in [2.75, 3.05) is 27.4 Å². The van der Waals surface area contributed by atoms with E-state index in [0.717, 1.165) is 22.1 Å². The average molecular weight is 855 g/mol. The standard InChI is InChI=1S/C42H48BrNO13/c1-26-33(29-18-11-6-12-19-29)56-41(48)44(26)39(47)37(50-2)34-30(46)22-32(43)42(49,57-34)20-13-21-52-38-36(54-25-28-16-9-5-10-17-28)35(31(23-45)55-40(38)51-3)53-24-27-14-7-4-8-15-27/h4-12,14-19,22,26,31,33-38,40,45,49H,13,20-21,23-25H2,1-3H3. The molecule has 6 rings (SSSR count). The largest absolute Gasteiger partial charge is 0.439 e. The molecule has 0 radical (unpaired) electrons. The van der Waals surface area contributed by atoms with Gasteiger partial charge in [-0.25, -0.2) is 9.69 Å². The molecule has 2 amide bonds. The van der Waals surface area contributed by atoms with Crippen LogP contribution in [0.4, 0.5) is 4.79 Å². The molecule has 0 bridgehead atoms. The highest BCUT2D eigenvalue weighted by Gasteiger charge is 2.52. The van der Waals surface area contributed by atoms with Gasteiger partial charge < -0.3 is 48.1 Å². The molecular weight excluding hydrogens is 806 g/mol. The lowest BCUT2D eigenvalue weighted by Gasteiger charge is -2.45. The molecule has 0 saturated carbocycles. The second-order valence-corrected chi connectivity index (χ2v) is 14.8. The fourth-order valence-corrected chi connectivity index (χ4v) is 7.73. The van der Waals surface area contributed by atoms with Gasteiger partial charge in [-0.2, -0.15) is 0 Å². The molecule has 2 fully saturated rings. The lowest BCUT2D eigenvalue weighted by atomic mass is 9.97. The number of amides is 2. The van der Waals surface area contributed by atoms with E-state index in [2.05, 4.69) is 15.9 Å². The first-order chi connectivity index (χ1) is 27.6. The summed E-state index contributed by atoms with van der Waals surface area (Å²) in [7, 11) is 2.68. The van der Waals surface area contributed by atoms with Crippen LogP contribution in [0, 0.1) is 0 Å². The van der Waals surface area contributed by atoms with Crippen LogP contribution < -0.4 is 0 Å². The zero-order chi connectivity index (χ0) is 40.5. The highest BCUT2D eigenvalue weighted by molar-refractivity contribution is 9.11. The van der Waals surface area contributed by atoms with Gasteiger partial charge in [0.15, 0.2) is 30.1 Å². The summed E-state index contributed by atoms with van der Waals surface area (Å²) in [5, 5.41) is 22.1. The number of halogens is 1. The van der Waals surface area contributed by atoms with Gasteiger partial charge in [-0.15, -0.1) is 0 Å². The number of benzene rings is 3. The minimum Gasteiger partial charge on any atom is -0.439 e. The minimum absolute atomic E-state index is 0.0312. The quantitative estimate of drug-likeness (QED) is 0.179. The molecule has 57 heavy (non-hydrogen) atoms. The topological polar surface area (TPSA) is 169 Å².